The van der Waals surface area contributed by atoms with Crippen molar-refractivity contribution < 1.29 is 0 Å². The van der Waals surface area contributed by atoms with Gasteiger partial charge < -0.3 is 0 Å². The van der Waals surface area contributed by atoms with E-state index in [-0.39, 0.29) is 6.04 Å². The number of rotatable bonds is 1. The van der Waals surface area contributed by atoms with Gasteiger partial charge >= 0.3 is 0 Å². The first-order valence-corrected chi connectivity index (χ1v) is 8.71. The number of fused-ring (bicyclic) bond motifs is 3. The van der Waals surface area contributed by atoms with Crippen LogP contribution in [0.5, 0.6) is 0 Å². The second kappa shape index (κ2) is 5.81. The fourth-order valence-electron chi connectivity index (χ4n) is 3.55. The van der Waals surface area contributed by atoms with Crippen LogP contribution in [0, 0.1) is 20.8 Å². The van der Waals surface area contributed by atoms with Crippen LogP contribution in [-0.2, 0) is 0 Å². The summed E-state index contributed by atoms with van der Waals surface area (Å²) in [6.07, 6.45) is 0. The van der Waals surface area contributed by atoms with Gasteiger partial charge in [0.2, 0.25) is 0 Å². The molecule has 1 unspecified atom stereocenters. The fourth-order valence-corrected chi connectivity index (χ4v) is 3.78. The van der Waals surface area contributed by atoms with Crippen LogP contribution in [-0.4, -0.2) is 20.5 Å². The topological polar surface area (TPSA) is 43.1 Å². The first-order chi connectivity index (χ1) is 12.0. The zero-order valence-electron chi connectivity index (χ0n) is 14.7. The largest absolute Gasteiger partial charge is 0.281 e. The van der Waals surface area contributed by atoms with Crippen LogP contribution >= 0.6 is 11.6 Å². The Labute approximate surface area is 152 Å². The molecule has 2 heterocycles. The van der Waals surface area contributed by atoms with Gasteiger partial charge in [0.25, 0.3) is 0 Å². The summed E-state index contributed by atoms with van der Waals surface area (Å²) in [5.74, 6) is 1.72. The average Bonchev–Trinajstić information content (AvgIpc) is 2.89. The minimum Gasteiger partial charge on any atom is -0.281 e. The normalized spacial score (nSPS) is 16.0. The van der Waals surface area contributed by atoms with E-state index in [2.05, 4.69) is 40.7 Å². The van der Waals surface area contributed by atoms with Crippen molar-refractivity contribution in [2.45, 2.75) is 33.7 Å². The van der Waals surface area contributed by atoms with Crippen molar-refractivity contribution in [3.63, 3.8) is 0 Å². The van der Waals surface area contributed by atoms with Gasteiger partial charge in [-0.1, -0.05) is 35.9 Å². The van der Waals surface area contributed by atoms with E-state index in [1.54, 1.807) is 0 Å². The lowest BCUT2D eigenvalue weighted by atomic mass is 9.94. The summed E-state index contributed by atoms with van der Waals surface area (Å²) in [6, 6.07) is 12.1. The van der Waals surface area contributed by atoms with Gasteiger partial charge in [-0.2, -0.15) is 0 Å². The average molecular weight is 351 g/mol. The zero-order valence-corrected chi connectivity index (χ0v) is 15.5. The Morgan fingerprint density at radius 1 is 1.04 bits per heavy atom. The Morgan fingerprint density at radius 3 is 2.56 bits per heavy atom. The molecule has 1 aliphatic heterocycles. The van der Waals surface area contributed by atoms with Crippen molar-refractivity contribution in [3.8, 4) is 5.69 Å². The number of hydrogen-bond donors (Lipinski definition) is 0. The van der Waals surface area contributed by atoms with E-state index < -0.39 is 0 Å². The highest BCUT2D eigenvalue weighted by atomic mass is 35.5. The third-order valence-corrected chi connectivity index (χ3v) is 4.94. The predicted molar refractivity (Wildman–Crippen MR) is 101 cm³/mol. The maximum absolute atomic E-state index is 6.51. The molecule has 1 atom stereocenters. The van der Waals surface area contributed by atoms with Gasteiger partial charge in [0.15, 0.2) is 5.82 Å². The third-order valence-electron chi connectivity index (χ3n) is 4.61. The Morgan fingerprint density at radius 2 is 1.80 bits per heavy atom. The number of aryl methyl sites for hydroxylation is 3. The molecule has 2 aromatic carbocycles. The fraction of sp³-hybridized carbons (Fsp3) is 0.250. The van der Waals surface area contributed by atoms with Crippen molar-refractivity contribution >= 4 is 17.3 Å². The molecule has 0 fully saturated rings. The van der Waals surface area contributed by atoms with Crippen molar-refractivity contribution in [2.75, 3.05) is 0 Å². The Kier molecular flexibility index (Phi) is 3.73. The summed E-state index contributed by atoms with van der Waals surface area (Å²) in [5, 5.41) is 9.36. The molecule has 0 N–H and O–H groups in total. The summed E-state index contributed by atoms with van der Waals surface area (Å²) in [4.78, 5) is 5.00. The summed E-state index contributed by atoms with van der Waals surface area (Å²) in [5.41, 5.74) is 6.38. The first kappa shape index (κ1) is 16.0. The molecule has 0 spiro atoms. The third kappa shape index (κ3) is 2.48. The highest BCUT2D eigenvalue weighted by molar-refractivity contribution is 6.35. The van der Waals surface area contributed by atoms with Crippen LogP contribution in [0.3, 0.4) is 0 Å². The first-order valence-electron chi connectivity index (χ1n) is 8.34. The molecule has 1 aromatic heterocycles. The van der Waals surface area contributed by atoms with Gasteiger partial charge in [0.1, 0.15) is 11.9 Å². The molecule has 0 saturated heterocycles. The molecule has 0 bridgehead atoms. The van der Waals surface area contributed by atoms with Crippen molar-refractivity contribution in [3.05, 3.63) is 75.3 Å². The molecular formula is C20H19ClN4. The molecule has 5 heteroatoms. The second-order valence-corrected chi connectivity index (χ2v) is 6.96. The van der Waals surface area contributed by atoms with Crippen LogP contribution in [0.15, 0.2) is 41.4 Å². The van der Waals surface area contributed by atoms with E-state index in [1.807, 2.05) is 38.1 Å². The lowest BCUT2D eigenvalue weighted by Crippen LogP contribution is -2.11. The smallest absolute Gasteiger partial charge is 0.162 e. The lowest BCUT2D eigenvalue weighted by Gasteiger charge is -2.17. The Hall–Kier alpha value is -2.46. The highest BCUT2D eigenvalue weighted by Gasteiger charge is 2.27. The van der Waals surface area contributed by atoms with Crippen molar-refractivity contribution in [1.29, 1.82) is 0 Å². The van der Waals surface area contributed by atoms with E-state index >= 15 is 0 Å². The van der Waals surface area contributed by atoms with E-state index in [1.165, 1.54) is 11.1 Å². The van der Waals surface area contributed by atoms with Crippen LogP contribution in [0.4, 0.5) is 0 Å². The molecule has 0 aliphatic carbocycles. The molecule has 0 amide bonds. The number of aromatic nitrogens is 3. The number of aliphatic imine (C=N–C) groups is 1. The van der Waals surface area contributed by atoms with E-state index in [9.17, 15) is 0 Å². The number of benzene rings is 2. The minimum absolute atomic E-state index is 0.112. The molecule has 4 nitrogen and oxygen atoms in total. The van der Waals surface area contributed by atoms with E-state index in [0.29, 0.717) is 5.02 Å². The molecule has 3 aromatic rings. The second-order valence-electron chi connectivity index (χ2n) is 6.55. The zero-order chi connectivity index (χ0) is 17.7. The molecule has 0 saturated carbocycles. The lowest BCUT2D eigenvalue weighted by molar-refractivity contribution is 0.721. The van der Waals surface area contributed by atoms with Crippen LogP contribution in [0.1, 0.15) is 46.9 Å². The summed E-state index contributed by atoms with van der Waals surface area (Å²) < 4.78 is 2.12. The van der Waals surface area contributed by atoms with Crippen LogP contribution in [0.2, 0.25) is 5.02 Å². The summed E-state index contributed by atoms with van der Waals surface area (Å²) >= 11 is 6.51. The van der Waals surface area contributed by atoms with Gasteiger partial charge in [0.05, 0.1) is 11.4 Å². The molecule has 1 aliphatic rings. The highest BCUT2D eigenvalue weighted by Crippen LogP contribution is 2.34. The van der Waals surface area contributed by atoms with Gasteiger partial charge in [0, 0.05) is 16.1 Å². The van der Waals surface area contributed by atoms with Crippen LogP contribution in [0.25, 0.3) is 5.69 Å². The van der Waals surface area contributed by atoms with Gasteiger partial charge in [-0.05, 0) is 51.0 Å². The number of nitrogens with zero attached hydrogens (tertiary/aromatic N) is 4. The molecule has 126 valence electrons. The van der Waals surface area contributed by atoms with Crippen LogP contribution < -0.4 is 0 Å². The number of hydrogen-bond acceptors (Lipinski definition) is 3. The SMILES string of the molecule is Cc1cc(C)c2c(c1)-n1c(C)nnc1C(C)N=C2c1ccccc1Cl. The van der Waals surface area contributed by atoms with Crippen molar-refractivity contribution in [2.24, 2.45) is 4.99 Å². The number of halogens is 1. The molecular weight excluding hydrogens is 332 g/mol. The van der Waals surface area contributed by atoms with Crippen molar-refractivity contribution in [1.82, 2.24) is 14.8 Å². The maximum atomic E-state index is 6.51. The Balaban J connectivity index is 2.12. The predicted octanol–water partition coefficient (Wildman–Crippen LogP) is 4.76. The molecule has 25 heavy (non-hydrogen) atoms. The Bertz CT molecular complexity index is 1020. The summed E-state index contributed by atoms with van der Waals surface area (Å²) in [6.45, 7) is 8.25. The maximum Gasteiger partial charge on any atom is 0.162 e. The van der Waals surface area contributed by atoms with Gasteiger partial charge in [-0.25, -0.2) is 0 Å². The van der Waals surface area contributed by atoms with Gasteiger partial charge in [-0.15, -0.1) is 10.2 Å². The van der Waals surface area contributed by atoms with E-state index in [4.69, 9.17) is 16.6 Å². The monoisotopic (exact) mass is 350 g/mol. The summed E-state index contributed by atoms with van der Waals surface area (Å²) in [7, 11) is 0. The molecule has 0 radical (unpaired) electrons. The minimum atomic E-state index is -0.112. The van der Waals surface area contributed by atoms with E-state index in [0.717, 1.165) is 34.2 Å². The standard InChI is InChI=1S/C20H19ClN4/c1-11-9-12(2)18-17(10-11)25-14(4)23-24-20(25)13(3)22-19(18)15-7-5-6-8-16(15)21/h5-10,13H,1-4H3. The van der Waals surface area contributed by atoms with Gasteiger partial charge in [-0.3, -0.25) is 9.56 Å². The quantitative estimate of drug-likeness (QED) is 0.635. The molecule has 4 rings (SSSR count).